The molecule has 3 unspecified atom stereocenters. The van der Waals surface area contributed by atoms with E-state index in [9.17, 15) is 0 Å². The van der Waals surface area contributed by atoms with Gasteiger partial charge in [-0.2, -0.15) is 0 Å². The monoisotopic (exact) mass is 290 g/mol. The molecule has 2 N–H and O–H groups in total. The maximum absolute atomic E-state index is 6.27. The van der Waals surface area contributed by atoms with E-state index in [-0.39, 0.29) is 0 Å². The van der Waals surface area contributed by atoms with Gasteiger partial charge >= 0.3 is 0 Å². The van der Waals surface area contributed by atoms with Crippen LogP contribution in [-0.4, -0.2) is 11.1 Å². The van der Waals surface area contributed by atoms with Gasteiger partial charge in [-0.1, -0.05) is 27.2 Å². The van der Waals surface area contributed by atoms with Crippen molar-refractivity contribution in [2.75, 3.05) is 5.73 Å². The number of ether oxygens (including phenoxy) is 1. The second kappa shape index (κ2) is 6.78. The van der Waals surface area contributed by atoms with Gasteiger partial charge in [0.25, 0.3) is 0 Å². The Hall–Kier alpha value is -1.09. The predicted octanol–water partition coefficient (Wildman–Crippen LogP) is 4.26. The van der Waals surface area contributed by atoms with Gasteiger partial charge < -0.3 is 10.5 Å². The molecule has 1 aliphatic rings. The predicted molar refractivity (Wildman–Crippen MR) is 88.0 cm³/mol. The summed E-state index contributed by atoms with van der Waals surface area (Å²) < 4.78 is 6.27. The van der Waals surface area contributed by atoms with Crippen molar-refractivity contribution in [3.63, 3.8) is 0 Å². The number of rotatable bonds is 4. The molecular weight excluding hydrogens is 260 g/mol. The Kier molecular flexibility index (Phi) is 5.26. The summed E-state index contributed by atoms with van der Waals surface area (Å²) in [5.41, 5.74) is 10.0. The third kappa shape index (κ3) is 3.76. The summed E-state index contributed by atoms with van der Waals surface area (Å²) in [5.74, 6) is 2.12. The van der Waals surface area contributed by atoms with Crippen LogP contribution in [0.4, 0.5) is 5.69 Å². The van der Waals surface area contributed by atoms with Gasteiger partial charge in [-0.05, 0) is 55.6 Å². The Balaban J connectivity index is 2.05. The fourth-order valence-corrected chi connectivity index (χ4v) is 3.43. The summed E-state index contributed by atoms with van der Waals surface area (Å²) >= 11 is 0. The molecule has 1 heterocycles. The van der Waals surface area contributed by atoms with Crippen LogP contribution < -0.4 is 5.73 Å². The third-order valence-electron chi connectivity index (χ3n) is 5.07. The fourth-order valence-electron chi connectivity index (χ4n) is 3.43. The summed E-state index contributed by atoms with van der Waals surface area (Å²) in [4.78, 5) is 4.51. The van der Waals surface area contributed by atoms with E-state index < -0.39 is 0 Å². The molecule has 0 aromatic carbocycles. The molecule has 0 bridgehead atoms. The minimum Gasteiger partial charge on any atom is -0.398 e. The van der Waals surface area contributed by atoms with Crippen molar-refractivity contribution < 1.29 is 4.74 Å². The third-order valence-corrected chi connectivity index (χ3v) is 5.07. The second-order valence-electron chi connectivity index (χ2n) is 7.10. The standard InChI is InChI=1S/C18H30N2O/c1-11(2)15-7-6-12(3)8-17(15)21-10-16-14(5)18(19)13(4)9-20-16/h9,11-12,15,17H,6-8,10H2,1-5H3,(H2,19,20). The van der Waals surface area contributed by atoms with Crippen LogP contribution in [0.1, 0.15) is 56.9 Å². The molecule has 1 aromatic heterocycles. The normalized spacial score (nSPS) is 26.3. The number of nitrogens with two attached hydrogens (primary N) is 1. The van der Waals surface area contributed by atoms with E-state index in [1.54, 1.807) is 0 Å². The Bertz CT molecular complexity index is 484. The number of hydrogen-bond donors (Lipinski definition) is 1. The molecule has 3 nitrogen and oxygen atoms in total. The Labute approximate surface area is 129 Å². The van der Waals surface area contributed by atoms with Gasteiger partial charge in [0.1, 0.15) is 0 Å². The molecule has 118 valence electrons. The lowest BCUT2D eigenvalue weighted by molar-refractivity contribution is -0.0484. The second-order valence-corrected chi connectivity index (χ2v) is 7.10. The van der Waals surface area contributed by atoms with Crippen molar-refractivity contribution in [3.05, 3.63) is 23.0 Å². The maximum atomic E-state index is 6.27. The molecule has 1 aromatic rings. The molecule has 0 radical (unpaired) electrons. The quantitative estimate of drug-likeness (QED) is 0.901. The molecule has 1 saturated carbocycles. The highest BCUT2D eigenvalue weighted by Crippen LogP contribution is 2.35. The van der Waals surface area contributed by atoms with Crippen molar-refractivity contribution in [3.8, 4) is 0 Å². The highest BCUT2D eigenvalue weighted by Gasteiger charge is 2.31. The van der Waals surface area contributed by atoms with E-state index in [4.69, 9.17) is 10.5 Å². The summed E-state index contributed by atoms with van der Waals surface area (Å²) in [6.07, 6.45) is 5.99. The molecule has 3 heteroatoms. The number of hydrogen-bond acceptors (Lipinski definition) is 3. The van der Waals surface area contributed by atoms with Crippen LogP contribution in [0.3, 0.4) is 0 Å². The average Bonchev–Trinajstić information content (AvgIpc) is 2.44. The molecular formula is C18H30N2O. The molecule has 0 saturated heterocycles. The SMILES string of the molecule is Cc1cnc(COC2CC(C)CCC2C(C)C)c(C)c1N. The summed E-state index contributed by atoms with van der Waals surface area (Å²) in [6.45, 7) is 11.6. The van der Waals surface area contributed by atoms with E-state index in [0.29, 0.717) is 24.5 Å². The van der Waals surface area contributed by atoms with Crippen molar-refractivity contribution in [1.82, 2.24) is 4.98 Å². The van der Waals surface area contributed by atoms with E-state index in [0.717, 1.165) is 28.4 Å². The molecule has 21 heavy (non-hydrogen) atoms. The number of anilines is 1. The fraction of sp³-hybridized carbons (Fsp3) is 0.722. The van der Waals surface area contributed by atoms with Gasteiger partial charge in [-0.25, -0.2) is 0 Å². The largest absolute Gasteiger partial charge is 0.398 e. The van der Waals surface area contributed by atoms with Gasteiger partial charge in [-0.15, -0.1) is 0 Å². The van der Waals surface area contributed by atoms with Crippen molar-refractivity contribution >= 4 is 5.69 Å². The smallest absolute Gasteiger partial charge is 0.0895 e. The number of nitrogen functional groups attached to an aromatic ring is 1. The van der Waals surface area contributed by atoms with Crippen molar-refractivity contribution in [2.24, 2.45) is 17.8 Å². The van der Waals surface area contributed by atoms with E-state index >= 15 is 0 Å². The highest BCUT2D eigenvalue weighted by atomic mass is 16.5. The lowest BCUT2D eigenvalue weighted by Crippen LogP contribution is -2.34. The van der Waals surface area contributed by atoms with Gasteiger partial charge in [0.05, 0.1) is 18.4 Å². The summed E-state index contributed by atoms with van der Waals surface area (Å²) in [6, 6.07) is 0. The first kappa shape index (κ1) is 16.3. The minimum atomic E-state index is 0.359. The number of nitrogens with zero attached hydrogens (tertiary/aromatic N) is 1. The van der Waals surface area contributed by atoms with Gasteiger partial charge in [-0.3, -0.25) is 4.98 Å². The molecule has 0 spiro atoms. The number of aromatic nitrogens is 1. The average molecular weight is 290 g/mol. The summed E-state index contributed by atoms with van der Waals surface area (Å²) in [7, 11) is 0. The Morgan fingerprint density at radius 3 is 2.71 bits per heavy atom. The van der Waals surface area contributed by atoms with Crippen LogP contribution in [0.5, 0.6) is 0 Å². The molecule has 0 aliphatic heterocycles. The lowest BCUT2D eigenvalue weighted by atomic mass is 9.75. The van der Waals surface area contributed by atoms with Crippen LogP contribution in [0.2, 0.25) is 0 Å². The molecule has 0 amide bonds. The molecule has 1 aliphatic carbocycles. The lowest BCUT2D eigenvalue weighted by Gasteiger charge is -2.37. The van der Waals surface area contributed by atoms with E-state index in [1.807, 2.05) is 20.0 Å². The first-order valence-electron chi connectivity index (χ1n) is 8.22. The van der Waals surface area contributed by atoms with Crippen molar-refractivity contribution in [1.29, 1.82) is 0 Å². The van der Waals surface area contributed by atoms with E-state index in [2.05, 4.69) is 25.8 Å². The van der Waals surface area contributed by atoms with Gasteiger partial charge in [0.15, 0.2) is 0 Å². The van der Waals surface area contributed by atoms with Gasteiger partial charge in [0, 0.05) is 11.9 Å². The zero-order valence-corrected chi connectivity index (χ0v) is 14.1. The Morgan fingerprint density at radius 2 is 2.05 bits per heavy atom. The van der Waals surface area contributed by atoms with E-state index in [1.165, 1.54) is 19.3 Å². The van der Waals surface area contributed by atoms with Crippen LogP contribution in [-0.2, 0) is 11.3 Å². The minimum absolute atomic E-state index is 0.359. The maximum Gasteiger partial charge on any atom is 0.0895 e. The van der Waals surface area contributed by atoms with Crippen LogP contribution >= 0.6 is 0 Å². The van der Waals surface area contributed by atoms with Crippen LogP contribution in [0.15, 0.2) is 6.20 Å². The molecule has 1 fully saturated rings. The van der Waals surface area contributed by atoms with Crippen molar-refractivity contribution in [2.45, 2.75) is 66.6 Å². The first-order valence-corrected chi connectivity index (χ1v) is 8.22. The topological polar surface area (TPSA) is 48.1 Å². The van der Waals surface area contributed by atoms with Crippen LogP contribution in [0.25, 0.3) is 0 Å². The first-order chi connectivity index (χ1) is 9.90. The molecule has 3 atom stereocenters. The zero-order valence-electron chi connectivity index (χ0n) is 14.1. The number of pyridine rings is 1. The summed E-state index contributed by atoms with van der Waals surface area (Å²) in [5, 5.41) is 0. The highest BCUT2D eigenvalue weighted by molar-refractivity contribution is 5.53. The Morgan fingerprint density at radius 1 is 1.33 bits per heavy atom. The van der Waals surface area contributed by atoms with Crippen LogP contribution in [0, 0.1) is 31.6 Å². The zero-order chi connectivity index (χ0) is 15.6. The number of aryl methyl sites for hydroxylation is 1. The van der Waals surface area contributed by atoms with Gasteiger partial charge in [0.2, 0.25) is 0 Å². The molecule has 2 rings (SSSR count).